The van der Waals surface area contributed by atoms with Gasteiger partial charge in [-0.05, 0) is 44.8 Å². The monoisotopic (exact) mass is 545 g/mol. The maximum atomic E-state index is 14.0. The first-order valence-corrected chi connectivity index (χ1v) is 12.4. The highest BCUT2D eigenvalue weighted by molar-refractivity contribution is 5.87. The molecule has 0 aliphatic carbocycles. The van der Waals surface area contributed by atoms with E-state index in [0.29, 0.717) is 48.9 Å². The molecule has 1 aromatic heterocycles. The second kappa shape index (κ2) is 16.0. The number of alkyl halides is 2. The molecule has 1 heterocycles. The van der Waals surface area contributed by atoms with E-state index in [1.165, 1.54) is 18.2 Å². The van der Waals surface area contributed by atoms with Crippen LogP contribution in [0.1, 0.15) is 31.2 Å². The van der Waals surface area contributed by atoms with Crippen molar-refractivity contribution in [2.45, 2.75) is 31.6 Å². The van der Waals surface area contributed by atoms with Gasteiger partial charge in [0.2, 0.25) is 17.8 Å². The minimum Gasteiger partial charge on any atom is -0.372 e. The van der Waals surface area contributed by atoms with E-state index in [9.17, 15) is 22.8 Å². The predicted molar refractivity (Wildman–Crippen MR) is 145 cm³/mol. The third-order valence-corrected chi connectivity index (χ3v) is 5.13. The molecule has 0 radical (unpaired) electrons. The Morgan fingerprint density at radius 1 is 1.15 bits per heavy atom. The lowest BCUT2D eigenvalue weighted by Crippen LogP contribution is -2.37. The largest absolute Gasteiger partial charge is 0.372 e. The van der Waals surface area contributed by atoms with Crippen molar-refractivity contribution in [2.75, 3.05) is 51.4 Å². The number of halogens is 3. The van der Waals surface area contributed by atoms with Gasteiger partial charge in [-0.15, -0.1) is 0 Å². The highest BCUT2D eigenvalue weighted by Gasteiger charge is 2.29. The normalized spacial score (nSPS) is 11.2. The second-order valence-electron chi connectivity index (χ2n) is 8.83. The average Bonchev–Trinajstić information content (AvgIpc) is 2.90. The zero-order chi connectivity index (χ0) is 28.7. The van der Waals surface area contributed by atoms with Gasteiger partial charge in [-0.2, -0.15) is 4.98 Å². The lowest BCUT2D eigenvalue weighted by Gasteiger charge is -2.16. The summed E-state index contributed by atoms with van der Waals surface area (Å²) in [6.45, 7) is -0.0170. The summed E-state index contributed by atoms with van der Waals surface area (Å²) in [6.07, 6.45) is 4.31. The molecule has 12 heteroatoms. The van der Waals surface area contributed by atoms with Crippen LogP contribution in [0, 0.1) is 17.7 Å². The van der Waals surface area contributed by atoms with Gasteiger partial charge < -0.3 is 26.2 Å². The molecule has 4 N–H and O–H groups in total. The van der Waals surface area contributed by atoms with E-state index in [-0.39, 0.29) is 12.2 Å². The van der Waals surface area contributed by atoms with Crippen LogP contribution in [0.4, 0.5) is 30.6 Å². The van der Waals surface area contributed by atoms with Crippen LogP contribution < -0.4 is 21.3 Å². The number of hydrogen-bond acceptors (Lipinski definition) is 7. The molecule has 0 aliphatic heterocycles. The van der Waals surface area contributed by atoms with E-state index in [1.54, 1.807) is 31.5 Å². The number of carbonyl (C=O) groups is 2. The van der Waals surface area contributed by atoms with Gasteiger partial charge in [0.1, 0.15) is 11.6 Å². The molecule has 2 aromatic rings. The number of amides is 2. The highest BCUT2D eigenvalue weighted by atomic mass is 19.3. The van der Waals surface area contributed by atoms with Crippen molar-refractivity contribution in [3.63, 3.8) is 0 Å². The van der Waals surface area contributed by atoms with Crippen molar-refractivity contribution in [3.05, 3.63) is 54.0 Å². The molecule has 0 atom stereocenters. The number of nitrogens with zero attached hydrogens (tertiary/aromatic N) is 3. The lowest BCUT2D eigenvalue weighted by atomic mass is 10.1. The topological polar surface area (TPSA) is 111 Å². The first-order valence-electron chi connectivity index (χ1n) is 12.4. The van der Waals surface area contributed by atoms with Gasteiger partial charge in [0.05, 0.1) is 18.3 Å². The van der Waals surface area contributed by atoms with Crippen LogP contribution in [0.25, 0.3) is 0 Å². The molecule has 39 heavy (non-hydrogen) atoms. The molecule has 0 unspecified atom stereocenters. The van der Waals surface area contributed by atoms with E-state index in [0.717, 1.165) is 0 Å². The zero-order valence-corrected chi connectivity index (χ0v) is 22.3. The minimum absolute atomic E-state index is 0.294. The van der Waals surface area contributed by atoms with Crippen LogP contribution in [0.2, 0.25) is 0 Å². The molecule has 0 saturated carbocycles. The fraction of sp³-hybridized carbons (Fsp3) is 0.407. The number of nitrogens with one attached hydrogen (secondary N) is 4. The van der Waals surface area contributed by atoms with Crippen molar-refractivity contribution in [3.8, 4) is 11.8 Å². The van der Waals surface area contributed by atoms with Crippen LogP contribution in [0.15, 0.2) is 42.6 Å². The molecule has 210 valence electrons. The van der Waals surface area contributed by atoms with Gasteiger partial charge >= 0.3 is 0 Å². The van der Waals surface area contributed by atoms with Gasteiger partial charge in [0, 0.05) is 51.2 Å². The molecule has 0 fully saturated rings. The van der Waals surface area contributed by atoms with Crippen LogP contribution >= 0.6 is 0 Å². The molecule has 0 spiro atoms. The first-order chi connectivity index (χ1) is 18.6. The van der Waals surface area contributed by atoms with Crippen molar-refractivity contribution in [2.24, 2.45) is 0 Å². The highest BCUT2D eigenvalue weighted by Crippen LogP contribution is 2.19. The number of likely N-dealkylation sites (N-methyl/N-ethyl adjacent to an activating group) is 1. The van der Waals surface area contributed by atoms with Gasteiger partial charge in [0.15, 0.2) is 0 Å². The second-order valence-corrected chi connectivity index (χ2v) is 8.83. The number of anilines is 3. The summed E-state index contributed by atoms with van der Waals surface area (Å²) >= 11 is 0. The van der Waals surface area contributed by atoms with Gasteiger partial charge in [-0.25, -0.2) is 18.2 Å². The maximum absolute atomic E-state index is 14.0. The SMILES string of the molecule is CNc1nc(Nc2ccc(F)cc2)ncc1C#CCCCNC(=O)CCC(F)(F)CNC(=O)/C=C/CN(C)C. The predicted octanol–water partition coefficient (Wildman–Crippen LogP) is 3.30. The molecule has 0 aliphatic rings. The standard InChI is InChI=1S/C27H34F3N7O2/c1-31-25-20(18-33-26(36-25)35-22-12-10-21(28)11-13-22)8-5-4-6-16-32-24(39)14-15-27(29,30)19-34-23(38)9-7-17-37(2)3/h7,9-13,18H,4,6,14-17,19H2,1-3H3,(H,32,39)(H,34,38)(H2,31,33,35,36)/b9-7+. The quantitative estimate of drug-likeness (QED) is 0.164. The molecule has 0 saturated heterocycles. The van der Waals surface area contributed by atoms with Crippen LogP contribution in [-0.4, -0.2) is 73.4 Å². The fourth-order valence-electron chi connectivity index (χ4n) is 3.07. The summed E-state index contributed by atoms with van der Waals surface area (Å²) in [5, 5.41) is 10.7. The summed E-state index contributed by atoms with van der Waals surface area (Å²) < 4.78 is 41.0. The Morgan fingerprint density at radius 2 is 1.90 bits per heavy atom. The number of carbonyl (C=O) groups excluding carboxylic acids is 2. The van der Waals surface area contributed by atoms with Crippen LogP contribution in [0.3, 0.4) is 0 Å². The van der Waals surface area contributed by atoms with Crippen molar-refractivity contribution >= 4 is 29.3 Å². The van der Waals surface area contributed by atoms with Gasteiger partial charge in [-0.1, -0.05) is 17.9 Å². The van der Waals surface area contributed by atoms with E-state index >= 15 is 0 Å². The van der Waals surface area contributed by atoms with Gasteiger partial charge in [0.25, 0.3) is 5.92 Å². The fourth-order valence-corrected chi connectivity index (χ4v) is 3.07. The number of aromatic nitrogens is 2. The van der Waals surface area contributed by atoms with E-state index in [4.69, 9.17) is 0 Å². The zero-order valence-electron chi connectivity index (χ0n) is 22.3. The smallest absolute Gasteiger partial charge is 0.265 e. The number of unbranched alkanes of at least 4 members (excludes halogenated alkanes) is 1. The number of hydrogen-bond donors (Lipinski definition) is 4. The van der Waals surface area contributed by atoms with Gasteiger partial charge in [-0.3, -0.25) is 9.59 Å². The third kappa shape index (κ3) is 12.8. The summed E-state index contributed by atoms with van der Waals surface area (Å²) in [6, 6.07) is 5.80. The Balaban J connectivity index is 1.69. The summed E-state index contributed by atoms with van der Waals surface area (Å²) in [5.41, 5.74) is 1.21. The molecule has 0 bridgehead atoms. The van der Waals surface area contributed by atoms with E-state index in [2.05, 4.69) is 43.1 Å². The first kappa shape index (κ1) is 31.1. The summed E-state index contributed by atoms with van der Waals surface area (Å²) in [7, 11) is 5.34. The van der Waals surface area contributed by atoms with Crippen molar-refractivity contribution in [1.29, 1.82) is 0 Å². The number of benzene rings is 1. The minimum atomic E-state index is -3.19. The Bertz CT molecular complexity index is 1180. The lowest BCUT2D eigenvalue weighted by molar-refractivity contribution is -0.123. The summed E-state index contributed by atoms with van der Waals surface area (Å²) in [4.78, 5) is 33.9. The van der Waals surface area contributed by atoms with E-state index in [1.807, 2.05) is 19.0 Å². The molecular weight excluding hydrogens is 511 g/mol. The van der Waals surface area contributed by atoms with Crippen molar-refractivity contribution < 1.29 is 22.8 Å². The van der Waals surface area contributed by atoms with Crippen molar-refractivity contribution in [1.82, 2.24) is 25.5 Å². The van der Waals surface area contributed by atoms with E-state index < -0.39 is 30.7 Å². The van der Waals surface area contributed by atoms with Crippen LogP contribution in [-0.2, 0) is 9.59 Å². The molecule has 2 rings (SSSR count). The average molecular weight is 546 g/mol. The summed E-state index contributed by atoms with van der Waals surface area (Å²) in [5.74, 6) is 2.16. The maximum Gasteiger partial charge on any atom is 0.265 e. The Morgan fingerprint density at radius 3 is 2.59 bits per heavy atom. The molecule has 2 amide bonds. The Kier molecular flexibility index (Phi) is 12.8. The number of rotatable bonds is 14. The third-order valence-electron chi connectivity index (χ3n) is 5.13. The van der Waals surface area contributed by atoms with Crippen LogP contribution in [0.5, 0.6) is 0 Å². The molecule has 9 nitrogen and oxygen atoms in total. The molecular formula is C27H34F3N7O2. The Labute approximate surface area is 226 Å². The molecule has 1 aromatic carbocycles. The Hall–Kier alpha value is -4.11.